The number of benzene rings is 3. The van der Waals surface area contributed by atoms with Gasteiger partial charge < -0.3 is 9.30 Å². The first-order valence-corrected chi connectivity index (χ1v) is 10.2. The summed E-state index contributed by atoms with van der Waals surface area (Å²) in [5.74, 6) is 0.419. The van der Waals surface area contributed by atoms with Crippen LogP contribution in [0.3, 0.4) is 0 Å². The highest BCUT2D eigenvalue weighted by atomic mass is 16.5. The summed E-state index contributed by atoms with van der Waals surface area (Å²) >= 11 is 0. The van der Waals surface area contributed by atoms with Gasteiger partial charge in [0, 0.05) is 23.2 Å². The molecule has 0 radical (unpaired) electrons. The summed E-state index contributed by atoms with van der Waals surface area (Å²) in [7, 11) is 0. The van der Waals surface area contributed by atoms with Crippen molar-refractivity contribution in [1.29, 1.82) is 0 Å². The first kappa shape index (κ1) is 20.4. The summed E-state index contributed by atoms with van der Waals surface area (Å²) in [6.07, 6.45) is 0. The first-order chi connectivity index (χ1) is 15.1. The van der Waals surface area contributed by atoms with E-state index >= 15 is 0 Å². The molecule has 1 heterocycles. The Morgan fingerprint density at radius 3 is 2.00 bits per heavy atom. The molecule has 31 heavy (non-hydrogen) atoms. The second-order valence-corrected chi connectivity index (χ2v) is 7.39. The van der Waals surface area contributed by atoms with Gasteiger partial charge in [0.25, 0.3) is 0 Å². The first-order valence-electron chi connectivity index (χ1n) is 10.2. The molecule has 0 saturated heterocycles. The molecular formula is C27H24N2O2. The van der Waals surface area contributed by atoms with Crippen molar-refractivity contribution in [1.82, 2.24) is 9.55 Å². The van der Waals surface area contributed by atoms with Crippen molar-refractivity contribution >= 4 is 5.97 Å². The summed E-state index contributed by atoms with van der Waals surface area (Å²) in [6.45, 7) is 6.05. The van der Waals surface area contributed by atoms with E-state index < -0.39 is 5.97 Å². The maximum atomic E-state index is 12.1. The van der Waals surface area contributed by atoms with Crippen molar-refractivity contribution in [3.05, 3.63) is 114 Å². The minimum absolute atomic E-state index is 0.0809. The average molecular weight is 409 g/mol. The van der Waals surface area contributed by atoms with Crippen LogP contribution in [0.1, 0.15) is 18.2 Å². The van der Waals surface area contributed by atoms with Crippen LogP contribution >= 0.6 is 0 Å². The molecule has 3 aromatic carbocycles. The van der Waals surface area contributed by atoms with E-state index in [1.165, 1.54) is 5.56 Å². The van der Waals surface area contributed by atoms with E-state index in [1.54, 1.807) is 6.92 Å². The third-order valence-electron chi connectivity index (χ3n) is 4.99. The smallest absolute Gasteiger partial charge is 0.333 e. The molecule has 4 aromatic rings. The summed E-state index contributed by atoms with van der Waals surface area (Å²) in [5.41, 5.74) is 5.23. The van der Waals surface area contributed by atoms with Crippen LogP contribution in [-0.2, 0) is 22.7 Å². The van der Waals surface area contributed by atoms with Gasteiger partial charge in [-0.15, -0.1) is 0 Å². The molecule has 0 amide bonds. The number of carbonyl (C=O) groups excluding carboxylic acids is 1. The predicted octanol–water partition coefficient (Wildman–Crippen LogP) is 5.88. The molecule has 0 aliphatic heterocycles. The standard InChI is InChI=1S/C27H24N2O2/c1-20(2)27(30)31-19-24-25(22-14-8-4-9-15-22)29(18-21-12-6-3-7-13-21)26(28-24)23-16-10-5-11-17-23/h3-17H,1,18-19H2,2H3. The predicted molar refractivity (Wildman–Crippen MR) is 123 cm³/mol. The normalized spacial score (nSPS) is 10.6. The lowest BCUT2D eigenvalue weighted by Crippen LogP contribution is -2.07. The summed E-state index contributed by atoms with van der Waals surface area (Å²) in [5, 5.41) is 0. The Morgan fingerprint density at radius 2 is 1.42 bits per heavy atom. The van der Waals surface area contributed by atoms with Crippen LogP contribution in [0.25, 0.3) is 22.6 Å². The highest BCUT2D eigenvalue weighted by molar-refractivity contribution is 5.87. The number of nitrogens with zero attached hydrogens (tertiary/aromatic N) is 2. The summed E-state index contributed by atoms with van der Waals surface area (Å²) in [6, 6.07) is 30.5. The molecule has 0 spiro atoms. The summed E-state index contributed by atoms with van der Waals surface area (Å²) < 4.78 is 7.69. The molecule has 1 aromatic heterocycles. The molecule has 0 N–H and O–H groups in total. The lowest BCUT2D eigenvalue weighted by molar-refractivity contribution is -0.140. The van der Waals surface area contributed by atoms with E-state index in [0.29, 0.717) is 12.1 Å². The summed E-state index contributed by atoms with van der Waals surface area (Å²) in [4.78, 5) is 17.0. The van der Waals surface area contributed by atoms with Crippen molar-refractivity contribution in [2.45, 2.75) is 20.1 Å². The number of hydrogen-bond donors (Lipinski definition) is 0. The van der Waals surface area contributed by atoms with Crippen LogP contribution in [0.15, 0.2) is 103 Å². The van der Waals surface area contributed by atoms with E-state index in [2.05, 4.69) is 35.4 Å². The highest BCUT2D eigenvalue weighted by Crippen LogP contribution is 2.31. The van der Waals surface area contributed by atoms with Gasteiger partial charge in [0.1, 0.15) is 18.1 Å². The fourth-order valence-corrected chi connectivity index (χ4v) is 3.51. The van der Waals surface area contributed by atoms with Crippen LogP contribution < -0.4 is 0 Å². The Kier molecular flexibility index (Phi) is 6.08. The highest BCUT2D eigenvalue weighted by Gasteiger charge is 2.21. The Morgan fingerprint density at radius 1 is 0.871 bits per heavy atom. The Labute approximate surface area is 182 Å². The maximum absolute atomic E-state index is 12.1. The van der Waals surface area contributed by atoms with Crippen LogP contribution in [0.5, 0.6) is 0 Å². The van der Waals surface area contributed by atoms with E-state index in [4.69, 9.17) is 9.72 Å². The van der Waals surface area contributed by atoms with Gasteiger partial charge in [0.15, 0.2) is 0 Å². The Hall–Kier alpha value is -3.92. The van der Waals surface area contributed by atoms with Gasteiger partial charge in [-0.2, -0.15) is 0 Å². The average Bonchev–Trinajstić information content (AvgIpc) is 3.17. The molecule has 154 valence electrons. The van der Waals surface area contributed by atoms with Crippen molar-refractivity contribution in [2.24, 2.45) is 0 Å². The van der Waals surface area contributed by atoms with E-state index in [0.717, 1.165) is 28.3 Å². The van der Waals surface area contributed by atoms with Crippen molar-refractivity contribution in [3.63, 3.8) is 0 Å². The third kappa shape index (κ3) is 4.64. The van der Waals surface area contributed by atoms with Gasteiger partial charge in [-0.05, 0) is 12.5 Å². The SMILES string of the molecule is C=C(C)C(=O)OCc1nc(-c2ccccc2)n(Cc2ccccc2)c1-c1ccccc1. The molecule has 0 aliphatic carbocycles. The minimum Gasteiger partial charge on any atom is -0.456 e. The molecule has 4 nitrogen and oxygen atoms in total. The second-order valence-electron chi connectivity index (χ2n) is 7.39. The molecule has 0 bridgehead atoms. The van der Waals surface area contributed by atoms with Gasteiger partial charge >= 0.3 is 5.97 Å². The lowest BCUT2D eigenvalue weighted by atomic mass is 10.1. The van der Waals surface area contributed by atoms with Gasteiger partial charge in [0.2, 0.25) is 0 Å². The molecule has 0 saturated carbocycles. The molecule has 0 fully saturated rings. The number of aromatic nitrogens is 2. The number of hydrogen-bond acceptors (Lipinski definition) is 3. The van der Waals surface area contributed by atoms with Crippen LogP contribution in [0, 0.1) is 0 Å². The largest absolute Gasteiger partial charge is 0.456 e. The number of ether oxygens (including phenoxy) is 1. The number of carbonyl (C=O) groups is 1. The Bertz CT molecular complexity index is 1180. The molecule has 0 unspecified atom stereocenters. The minimum atomic E-state index is -0.419. The maximum Gasteiger partial charge on any atom is 0.333 e. The van der Waals surface area contributed by atoms with Gasteiger partial charge in [-0.1, -0.05) is 97.6 Å². The monoisotopic (exact) mass is 408 g/mol. The topological polar surface area (TPSA) is 44.1 Å². The van der Waals surface area contributed by atoms with Crippen LogP contribution in [0.4, 0.5) is 0 Å². The molecular weight excluding hydrogens is 384 g/mol. The fourth-order valence-electron chi connectivity index (χ4n) is 3.51. The van der Waals surface area contributed by atoms with Crippen molar-refractivity contribution in [2.75, 3.05) is 0 Å². The van der Waals surface area contributed by atoms with Gasteiger partial charge in [-0.25, -0.2) is 9.78 Å². The van der Waals surface area contributed by atoms with Gasteiger partial charge in [-0.3, -0.25) is 0 Å². The van der Waals surface area contributed by atoms with Crippen molar-refractivity contribution < 1.29 is 9.53 Å². The van der Waals surface area contributed by atoms with E-state index in [9.17, 15) is 4.79 Å². The quantitative estimate of drug-likeness (QED) is 0.283. The Balaban J connectivity index is 1.88. The fraction of sp³-hybridized carbons (Fsp3) is 0.111. The third-order valence-corrected chi connectivity index (χ3v) is 4.99. The zero-order valence-corrected chi connectivity index (χ0v) is 17.5. The molecule has 4 rings (SSSR count). The molecule has 0 atom stereocenters. The molecule has 0 aliphatic rings. The number of imidazole rings is 1. The zero-order valence-electron chi connectivity index (χ0n) is 17.5. The zero-order chi connectivity index (χ0) is 21.6. The second kappa shape index (κ2) is 9.26. The van der Waals surface area contributed by atoms with Gasteiger partial charge in [0.05, 0.1) is 5.69 Å². The molecule has 4 heteroatoms. The van der Waals surface area contributed by atoms with E-state index in [-0.39, 0.29) is 6.61 Å². The van der Waals surface area contributed by atoms with E-state index in [1.807, 2.05) is 66.7 Å². The number of esters is 1. The van der Waals surface area contributed by atoms with Crippen molar-refractivity contribution in [3.8, 4) is 22.6 Å². The number of rotatable bonds is 7. The van der Waals surface area contributed by atoms with Crippen LogP contribution in [0.2, 0.25) is 0 Å². The lowest BCUT2D eigenvalue weighted by Gasteiger charge is -2.14. The van der Waals surface area contributed by atoms with Crippen LogP contribution in [-0.4, -0.2) is 15.5 Å².